The number of alkyl halides is 3. The normalized spacial score (nSPS) is 13.2. The van der Waals surface area contributed by atoms with Crippen LogP contribution in [0, 0.1) is 0 Å². The van der Waals surface area contributed by atoms with E-state index in [0.29, 0.717) is 23.7 Å². The fraction of sp³-hybridized carbons (Fsp3) is 0.115. The van der Waals surface area contributed by atoms with Crippen LogP contribution in [0.1, 0.15) is 21.6 Å². The van der Waals surface area contributed by atoms with Gasteiger partial charge >= 0.3 is 6.18 Å². The first-order chi connectivity index (χ1) is 17.2. The van der Waals surface area contributed by atoms with Gasteiger partial charge in [0.1, 0.15) is 23.0 Å². The molecule has 0 atom stereocenters. The van der Waals surface area contributed by atoms with E-state index in [4.69, 9.17) is 10.5 Å². The summed E-state index contributed by atoms with van der Waals surface area (Å²) in [5.41, 5.74) is 5.46. The zero-order valence-electron chi connectivity index (χ0n) is 18.8. The molecule has 2 heterocycles. The van der Waals surface area contributed by atoms with Crippen LogP contribution in [0.3, 0.4) is 0 Å². The topological polar surface area (TPSA) is 102 Å². The molecule has 0 spiro atoms. The highest BCUT2D eigenvalue weighted by Gasteiger charge is 2.31. The molecule has 5 rings (SSSR count). The predicted molar refractivity (Wildman–Crippen MR) is 131 cm³/mol. The van der Waals surface area contributed by atoms with Gasteiger partial charge in [0.25, 0.3) is 5.91 Å². The van der Waals surface area contributed by atoms with Crippen LogP contribution in [0.5, 0.6) is 11.5 Å². The van der Waals surface area contributed by atoms with Crippen molar-refractivity contribution in [1.82, 2.24) is 10.3 Å². The van der Waals surface area contributed by atoms with Gasteiger partial charge in [-0.25, -0.2) is 0 Å². The van der Waals surface area contributed by atoms with Gasteiger partial charge in [-0.3, -0.25) is 14.8 Å². The van der Waals surface area contributed by atoms with E-state index in [2.05, 4.69) is 20.6 Å². The summed E-state index contributed by atoms with van der Waals surface area (Å²) in [7, 11) is 0. The number of carbonyl (C=O) groups excluding carboxylic acids is 1. The Labute approximate surface area is 203 Å². The van der Waals surface area contributed by atoms with E-state index in [1.165, 1.54) is 6.07 Å². The van der Waals surface area contributed by atoms with Crippen molar-refractivity contribution in [1.29, 1.82) is 0 Å². The minimum Gasteiger partial charge on any atom is -0.457 e. The molecular weight excluding hydrogens is 471 g/mol. The molecule has 10 heteroatoms. The van der Waals surface area contributed by atoms with Gasteiger partial charge < -0.3 is 21.1 Å². The molecule has 1 aromatic heterocycles. The molecule has 0 saturated carbocycles. The Morgan fingerprint density at radius 1 is 0.972 bits per heavy atom. The van der Waals surface area contributed by atoms with E-state index >= 15 is 0 Å². The first-order valence-electron chi connectivity index (χ1n) is 11.0. The number of rotatable bonds is 5. The van der Waals surface area contributed by atoms with Gasteiger partial charge in [-0.15, -0.1) is 0 Å². The van der Waals surface area contributed by atoms with Crippen molar-refractivity contribution in [2.75, 3.05) is 24.1 Å². The molecule has 0 bridgehead atoms. The first kappa shape index (κ1) is 23.2. The predicted octanol–water partition coefficient (Wildman–Crippen LogP) is 5.23. The van der Waals surface area contributed by atoms with E-state index in [1.807, 2.05) is 6.07 Å². The quantitative estimate of drug-likeness (QED) is 0.332. The Hall–Kier alpha value is -4.60. The molecule has 1 amide bonds. The zero-order chi connectivity index (χ0) is 25.3. The summed E-state index contributed by atoms with van der Waals surface area (Å²) in [4.78, 5) is 21.5. The van der Waals surface area contributed by atoms with Crippen LogP contribution in [-0.2, 0) is 6.18 Å². The number of nitrogens with one attached hydrogen (secondary N) is 2. The molecule has 0 radical (unpaired) electrons. The fourth-order valence-corrected chi connectivity index (χ4v) is 3.83. The number of fused-ring (bicyclic) bond motifs is 1. The van der Waals surface area contributed by atoms with Crippen LogP contribution < -0.4 is 21.1 Å². The van der Waals surface area contributed by atoms with E-state index in [9.17, 15) is 18.0 Å². The SMILES string of the molecule is Nc1cc(NC(=O)c2ccc3ccc(Oc4ccnc(C5=NCCN5)c4)cc3c2)cc(C(F)(F)F)c1. The number of benzene rings is 3. The first-order valence-corrected chi connectivity index (χ1v) is 11.0. The largest absolute Gasteiger partial charge is 0.457 e. The van der Waals surface area contributed by atoms with Crippen molar-refractivity contribution >= 4 is 33.9 Å². The van der Waals surface area contributed by atoms with Gasteiger partial charge in [0, 0.05) is 35.7 Å². The van der Waals surface area contributed by atoms with Gasteiger partial charge in [0.2, 0.25) is 0 Å². The van der Waals surface area contributed by atoms with Crippen LogP contribution in [-0.4, -0.2) is 29.8 Å². The monoisotopic (exact) mass is 491 g/mol. The second-order valence-electron chi connectivity index (χ2n) is 8.16. The molecule has 182 valence electrons. The number of hydrogen-bond donors (Lipinski definition) is 3. The third-order valence-electron chi connectivity index (χ3n) is 5.50. The molecule has 1 aliphatic heterocycles. The second-order valence-corrected chi connectivity index (χ2v) is 8.16. The van der Waals surface area contributed by atoms with Crippen LogP contribution in [0.4, 0.5) is 24.5 Å². The number of pyridine rings is 1. The summed E-state index contributed by atoms with van der Waals surface area (Å²) in [5, 5.41) is 7.24. The van der Waals surface area contributed by atoms with Gasteiger partial charge in [-0.05, 0) is 59.3 Å². The number of amidine groups is 1. The van der Waals surface area contributed by atoms with Crippen molar-refractivity contribution in [3.05, 3.63) is 89.7 Å². The number of nitrogens with two attached hydrogens (primary N) is 1. The highest BCUT2D eigenvalue weighted by Crippen LogP contribution is 2.33. The van der Waals surface area contributed by atoms with Crippen LogP contribution in [0.25, 0.3) is 10.8 Å². The van der Waals surface area contributed by atoms with Crippen molar-refractivity contribution in [2.45, 2.75) is 6.18 Å². The van der Waals surface area contributed by atoms with E-state index in [0.717, 1.165) is 35.3 Å². The molecule has 0 unspecified atom stereocenters. The lowest BCUT2D eigenvalue weighted by Gasteiger charge is -2.12. The molecule has 0 fully saturated rings. The zero-order valence-corrected chi connectivity index (χ0v) is 18.8. The molecular formula is C26H20F3N5O2. The molecule has 7 nitrogen and oxygen atoms in total. The maximum absolute atomic E-state index is 13.1. The third-order valence-corrected chi connectivity index (χ3v) is 5.50. The van der Waals surface area contributed by atoms with Gasteiger partial charge in [0.05, 0.1) is 12.1 Å². The highest BCUT2D eigenvalue weighted by atomic mass is 19.4. The summed E-state index contributed by atoms with van der Waals surface area (Å²) in [6.45, 7) is 1.47. The summed E-state index contributed by atoms with van der Waals surface area (Å²) >= 11 is 0. The molecule has 4 aromatic rings. The number of ether oxygens (including phenoxy) is 1. The summed E-state index contributed by atoms with van der Waals surface area (Å²) in [6, 6.07) is 16.9. The third kappa shape index (κ3) is 5.07. The van der Waals surface area contributed by atoms with E-state index in [-0.39, 0.29) is 16.9 Å². The Kier molecular flexibility index (Phi) is 5.93. The maximum atomic E-state index is 13.1. The Morgan fingerprint density at radius 3 is 2.56 bits per heavy atom. The van der Waals surface area contributed by atoms with Crippen molar-refractivity contribution < 1.29 is 22.7 Å². The molecule has 0 saturated heterocycles. The number of nitrogen functional groups attached to an aromatic ring is 1. The number of anilines is 2. The van der Waals surface area contributed by atoms with Gasteiger partial charge in [-0.1, -0.05) is 12.1 Å². The minimum atomic E-state index is -4.58. The molecule has 36 heavy (non-hydrogen) atoms. The summed E-state index contributed by atoms with van der Waals surface area (Å²) < 4.78 is 45.3. The number of halogens is 3. The highest BCUT2D eigenvalue weighted by molar-refractivity contribution is 6.06. The average Bonchev–Trinajstić information content (AvgIpc) is 3.38. The van der Waals surface area contributed by atoms with E-state index < -0.39 is 17.6 Å². The molecule has 0 aliphatic carbocycles. The fourth-order valence-electron chi connectivity index (χ4n) is 3.83. The van der Waals surface area contributed by atoms with Crippen molar-refractivity contribution in [3.8, 4) is 11.5 Å². The lowest BCUT2D eigenvalue weighted by Crippen LogP contribution is -2.20. The van der Waals surface area contributed by atoms with Crippen LogP contribution >= 0.6 is 0 Å². The van der Waals surface area contributed by atoms with Crippen LogP contribution in [0.15, 0.2) is 77.9 Å². The molecule has 3 aromatic carbocycles. The average molecular weight is 491 g/mol. The standard InChI is InChI=1S/C26H20F3N5O2/c27-26(28,29)18-11-19(30)13-20(12-18)34-25(35)16-2-1-15-3-4-21(10-17(15)9-16)36-22-5-6-31-23(14-22)24-32-7-8-33-24/h1-6,9-14H,7-8,30H2,(H,32,33)(H,34,35). The number of hydrogen-bond acceptors (Lipinski definition) is 6. The maximum Gasteiger partial charge on any atom is 0.416 e. The Balaban J connectivity index is 1.37. The second kappa shape index (κ2) is 9.21. The molecule has 4 N–H and O–H groups in total. The number of carbonyl (C=O) groups is 1. The lowest BCUT2D eigenvalue weighted by molar-refractivity contribution is -0.137. The smallest absolute Gasteiger partial charge is 0.416 e. The number of amides is 1. The molecule has 1 aliphatic rings. The van der Waals surface area contributed by atoms with Crippen molar-refractivity contribution in [2.24, 2.45) is 4.99 Å². The summed E-state index contributed by atoms with van der Waals surface area (Å²) in [6.07, 6.45) is -2.94. The van der Waals surface area contributed by atoms with E-state index in [1.54, 1.807) is 48.7 Å². The number of aliphatic imine (C=N–C) groups is 1. The van der Waals surface area contributed by atoms with Crippen molar-refractivity contribution in [3.63, 3.8) is 0 Å². The minimum absolute atomic E-state index is 0.0423. The Morgan fingerprint density at radius 2 is 1.78 bits per heavy atom. The van der Waals surface area contributed by atoms with Gasteiger partial charge in [0.15, 0.2) is 0 Å². The Bertz CT molecular complexity index is 1500. The number of aromatic nitrogens is 1. The number of nitrogens with zero attached hydrogens (tertiary/aromatic N) is 2. The van der Waals surface area contributed by atoms with Crippen LogP contribution in [0.2, 0.25) is 0 Å². The van der Waals surface area contributed by atoms with Gasteiger partial charge in [-0.2, -0.15) is 13.2 Å². The summed E-state index contributed by atoms with van der Waals surface area (Å²) in [5.74, 6) is 1.28. The lowest BCUT2D eigenvalue weighted by atomic mass is 10.1.